The summed E-state index contributed by atoms with van der Waals surface area (Å²) in [6, 6.07) is -0.197. The van der Waals surface area contributed by atoms with Crippen LogP contribution in [0.15, 0.2) is 0 Å². The molecule has 0 aromatic rings. The number of carbonyl (C=O) groups excluding carboxylic acids is 1. The molecule has 1 N–H and O–H groups in total. The zero-order chi connectivity index (χ0) is 11.7. The highest BCUT2D eigenvalue weighted by Gasteiger charge is 2.63. The van der Waals surface area contributed by atoms with Crippen molar-refractivity contribution in [3.63, 3.8) is 0 Å². The molecule has 1 rings (SSSR count). The minimum atomic E-state index is -4.41. The van der Waals surface area contributed by atoms with E-state index >= 15 is 0 Å². The molecule has 0 heterocycles. The van der Waals surface area contributed by atoms with Gasteiger partial charge in [0.15, 0.2) is 0 Å². The maximum absolute atomic E-state index is 12.7. The van der Waals surface area contributed by atoms with Crippen LogP contribution in [-0.2, 0) is 4.79 Å². The van der Waals surface area contributed by atoms with E-state index in [1.54, 1.807) is 6.92 Å². The highest BCUT2D eigenvalue weighted by atomic mass is 19.4. The molecule has 1 atom stereocenters. The Morgan fingerprint density at radius 2 is 2.00 bits per heavy atom. The molecule has 0 radical (unpaired) electrons. The van der Waals surface area contributed by atoms with Crippen molar-refractivity contribution in [2.75, 3.05) is 0 Å². The van der Waals surface area contributed by atoms with Gasteiger partial charge in [0.25, 0.3) is 0 Å². The first-order valence-corrected chi connectivity index (χ1v) is 5.21. The molecule has 1 aliphatic rings. The Labute approximate surface area is 87.2 Å². The molecule has 0 aromatic heterocycles. The van der Waals surface area contributed by atoms with Crippen LogP contribution < -0.4 is 5.32 Å². The second-order valence-corrected chi connectivity index (χ2v) is 4.22. The minimum Gasteiger partial charge on any atom is -0.353 e. The standard InChI is InChI=1S/C10H16F3NO/c1-3-7(2)14-8(15)9(5-4-6-9)10(11,12)13/h7H,3-6H2,1-2H3,(H,14,15)/t7-/m1/s1. The molecule has 5 heteroatoms. The van der Waals surface area contributed by atoms with Gasteiger partial charge in [-0.25, -0.2) is 0 Å². The molecule has 1 aliphatic carbocycles. The summed E-state index contributed by atoms with van der Waals surface area (Å²) in [6.07, 6.45) is -3.44. The van der Waals surface area contributed by atoms with Gasteiger partial charge in [-0.2, -0.15) is 13.2 Å². The topological polar surface area (TPSA) is 29.1 Å². The van der Waals surface area contributed by atoms with E-state index < -0.39 is 17.5 Å². The third-order valence-electron chi connectivity index (χ3n) is 3.17. The third-order valence-corrected chi connectivity index (χ3v) is 3.17. The summed E-state index contributed by atoms with van der Waals surface area (Å²) in [5, 5.41) is 2.42. The van der Waals surface area contributed by atoms with Gasteiger partial charge in [0.2, 0.25) is 5.91 Å². The average Bonchev–Trinajstić information content (AvgIpc) is 1.98. The van der Waals surface area contributed by atoms with Crippen LogP contribution in [0.25, 0.3) is 0 Å². The van der Waals surface area contributed by atoms with Gasteiger partial charge in [0.05, 0.1) is 0 Å². The summed E-state index contributed by atoms with van der Waals surface area (Å²) < 4.78 is 38.1. The zero-order valence-corrected chi connectivity index (χ0v) is 8.95. The van der Waals surface area contributed by atoms with Gasteiger partial charge >= 0.3 is 6.18 Å². The van der Waals surface area contributed by atoms with E-state index in [1.807, 2.05) is 6.92 Å². The maximum Gasteiger partial charge on any atom is 0.403 e. The summed E-state index contributed by atoms with van der Waals surface area (Å²) in [7, 11) is 0. The minimum absolute atomic E-state index is 0.0707. The van der Waals surface area contributed by atoms with Crippen molar-refractivity contribution in [3.05, 3.63) is 0 Å². The van der Waals surface area contributed by atoms with E-state index in [0.717, 1.165) is 0 Å². The number of hydrogen-bond acceptors (Lipinski definition) is 1. The molecule has 0 saturated heterocycles. The van der Waals surface area contributed by atoms with Gasteiger partial charge in [-0.15, -0.1) is 0 Å². The Hall–Kier alpha value is -0.740. The fourth-order valence-electron chi connectivity index (χ4n) is 1.63. The first kappa shape index (κ1) is 12.3. The fourth-order valence-corrected chi connectivity index (χ4v) is 1.63. The first-order chi connectivity index (χ1) is 6.83. The van der Waals surface area contributed by atoms with Gasteiger partial charge in [-0.1, -0.05) is 13.3 Å². The Balaban J connectivity index is 2.71. The molecule has 2 nitrogen and oxygen atoms in total. The zero-order valence-electron chi connectivity index (χ0n) is 8.95. The number of carbonyl (C=O) groups is 1. The Kier molecular flexibility index (Phi) is 3.31. The van der Waals surface area contributed by atoms with Crippen molar-refractivity contribution in [2.45, 2.75) is 51.7 Å². The van der Waals surface area contributed by atoms with Crippen LogP contribution >= 0.6 is 0 Å². The third kappa shape index (κ3) is 2.11. The summed E-state index contributed by atoms with van der Waals surface area (Å²) >= 11 is 0. The van der Waals surface area contributed by atoms with Crippen LogP contribution in [-0.4, -0.2) is 18.1 Å². The van der Waals surface area contributed by atoms with E-state index in [4.69, 9.17) is 0 Å². The van der Waals surface area contributed by atoms with Crippen LogP contribution in [0, 0.1) is 5.41 Å². The summed E-state index contributed by atoms with van der Waals surface area (Å²) in [5.74, 6) is -0.851. The lowest BCUT2D eigenvalue weighted by Gasteiger charge is -2.41. The predicted molar refractivity (Wildman–Crippen MR) is 50.2 cm³/mol. The molecule has 0 unspecified atom stereocenters. The van der Waals surface area contributed by atoms with Crippen molar-refractivity contribution in [2.24, 2.45) is 5.41 Å². The number of hydrogen-bond donors (Lipinski definition) is 1. The molecule has 15 heavy (non-hydrogen) atoms. The van der Waals surface area contributed by atoms with E-state index in [2.05, 4.69) is 5.32 Å². The molecule has 1 fully saturated rings. The molecule has 0 aromatic carbocycles. The molecule has 88 valence electrons. The average molecular weight is 223 g/mol. The number of amides is 1. The summed E-state index contributed by atoms with van der Waals surface area (Å²) in [4.78, 5) is 11.5. The van der Waals surface area contributed by atoms with Crippen molar-refractivity contribution in [3.8, 4) is 0 Å². The Bertz CT molecular complexity index is 246. The van der Waals surface area contributed by atoms with Gasteiger partial charge in [0, 0.05) is 6.04 Å². The van der Waals surface area contributed by atoms with Gasteiger partial charge in [0.1, 0.15) is 5.41 Å². The van der Waals surface area contributed by atoms with Gasteiger partial charge in [-0.3, -0.25) is 4.79 Å². The second kappa shape index (κ2) is 4.02. The molecule has 1 amide bonds. The lowest BCUT2D eigenvalue weighted by Crippen LogP contribution is -2.56. The van der Waals surface area contributed by atoms with Crippen molar-refractivity contribution in [1.82, 2.24) is 5.32 Å². The van der Waals surface area contributed by atoms with E-state index in [0.29, 0.717) is 12.8 Å². The number of alkyl halides is 3. The highest BCUT2D eigenvalue weighted by Crippen LogP contribution is 2.53. The van der Waals surface area contributed by atoms with Crippen LogP contribution in [0.4, 0.5) is 13.2 Å². The quantitative estimate of drug-likeness (QED) is 0.783. The molecular weight excluding hydrogens is 207 g/mol. The molecule has 0 aliphatic heterocycles. The van der Waals surface area contributed by atoms with Crippen LogP contribution in [0.5, 0.6) is 0 Å². The maximum atomic E-state index is 12.7. The van der Waals surface area contributed by atoms with Crippen LogP contribution in [0.1, 0.15) is 39.5 Å². The number of halogens is 3. The fraction of sp³-hybridized carbons (Fsp3) is 0.900. The van der Waals surface area contributed by atoms with E-state index in [9.17, 15) is 18.0 Å². The Morgan fingerprint density at radius 1 is 1.47 bits per heavy atom. The van der Waals surface area contributed by atoms with E-state index in [-0.39, 0.29) is 18.9 Å². The highest BCUT2D eigenvalue weighted by molar-refractivity contribution is 5.84. The number of rotatable bonds is 3. The lowest BCUT2D eigenvalue weighted by molar-refractivity contribution is -0.243. The predicted octanol–water partition coefficient (Wildman–Crippen LogP) is 2.63. The Morgan fingerprint density at radius 3 is 2.27 bits per heavy atom. The van der Waals surface area contributed by atoms with Crippen molar-refractivity contribution >= 4 is 5.91 Å². The molecule has 0 bridgehead atoms. The van der Waals surface area contributed by atoms with Crippen molar-refractivity contribution in [1.29, 1.82) is 0 Å². The summed E-state index contributed by atoms with van der Waals surface area (Å²) in [5.41, 5.74) is -2.10. The SMILES string of the molecule is CC[C@@H](C)NC(=O)C1(C(F)(F)F)CCC1. The molecule has 0 spiro atoms. The normalized spacial score (nSPS) is 21.7. The smallest absolute Gasteiger partial charge is 0.353 e. The van der Waals surface area contributed by atoms with Crippen molar-refractivity contribution < 1.29 is 18.0 Å². The monoisotopic (exact) mass is 223 g/mol. The van der Waals surface area contributed by atoms with Gasteiger partial charge in [-0.05, 0) is 26.2 Å². The summed E-state index contributed by atoms with van der Waals surface area (Å²) in [6.45, 7) is 3.53. The molecule has 1 saturated carbocycles. The second-order valence-electron chi connectivity index (χ2n) is 4.22. The number of nitrogens with one attached hydrogen (secondary N) is 1. The molecular formula is C10H16F3NO. The largest absolute Gasteiger partial charge is 0.403 e. The first-order valence-electron chi connectivity index (χ1n) is 5.21. The van der Waals surface area contributed by atoms with E-state index in [1.165, 1.54) is 0 Å². The van der Waals surface area contributed by atoms with Crippen LogP contribution in [0.3, 0.4) is 0 Å². The van der Waals surface area contributed by atoms with Gasteiger partial charge < -0.3 is 5.32 Å². The lowest BCUT2D eigenvalue weighted by atomic mass is 9.67. The van der Waals surface area contributed by atoms with Crippen LogP contribution in [0.2, 0.25) is 0 Å².